The second-order valence-corrected chi connectivity index (χ2v) is 5.27. The fraction of sp³-hybridized carbons (Fsp3) is 0.385. The first-order valence-corrected chi connectivity index (χ1v) is 6.66. The molecular weight excluding hydrogens is 282 g/mol. The van der Waals surface area contributed by atoms with Gasteiger partial charge in [-0.3, -0.25) is 4.90 Å². The van der Waals surface area contributed by atoms with Crippen LogP contribution < -0.4 is 0 Å². The van der Waals surface area contributed by atoms with Gasteiger partial charge in [0.15, 0.2) is 0 Å². The largest absolute Gasteiger partial charge is 0.419 e. The van der Waals surface area contributed by atoms with Gasteiger partial charge in [-0.25, -0.2) is 0 Å². The van der Waals surface area contributed by atoms with Crippen LogP contribution in [0, 0.1) is 0 Å². The number of halogens is 1. The van der Waals surface area contributed by atoms with Crippen LogP contribution in [-0.2, 0) is 6.54 Å². The Morgan fingerprint density at radius 3 is 2.45 bits per heavy atom. The molecule has 0 unspecified atom stereocenters. The van der Waals surface area contributed by atoms with Gasteiger partial charge in [-0.1, -0.05) is 11.6 Å². The first-order valence-electron chi connectivity index (χ1n) is 6.28. The predicted octanol–water partition coefficient (Wildman–Crippen LogP) is 0.927. The van der Waals surface area contributed by atoms with Gasteiger partial charge < -0.3 is 14.6 Å². The maximum absolute atomic E-state index is 9.48. The van der Waals surface area contributed by atoms with Crippen molar-refractivity contribution >= 4 is 11.6 Å². The molecule has 0 amide bonds. The summed E-state index contributed by atoms with van der Waals surface area (Å²) < 4.78 is 5.57. The van der Waals surface area contributed by atoms with Gasteiger partial charge in [0.25, 0.3) is 0 Å². The molecule has 106 valence electrons. The van der Waals surface area contributed by atoms with E-state index >= 15 is 0 Å². The molecule has 1 aromatic heterocycles. The molecule has 0 spiro atoms. The maximum Gasteiger partial charge on any atom is 0.247 e. The first-order chi connectivity index (χ1) is 9.61. The summed E-state index contributed by atoms with van der Waals surface area (Å²) in [7, 11) is 0. The number of aromatic nitrogens is 2. The molecule has 2 aromatic rings. The predicted molar refractivity (Wildman–Crippen MR) is 72.0 cm³/mol. The number of aliphatic hydroxyl groups excluding tert-OH is 2. The van der Waals surface area contributed by atoms with Crippen molar-refractivity contribution < 1.29 is 14.6 Å². The molecule has 1 aliphatic rings. The van der Waals surface area contributed by atoms with Crippen LogP contribution in [0.2, 0.25) is 5.02 Å². The molecule has 1 aliphatic heterocycles. The Morgan fingerprint density at radius 1 is 1.15 bits per heavy atom. The summed E-state index contributed by atoms with van der Waals surface area (Å²) >= 11 is 5.82. The van der Waals surface area contributed by atoms with Crippen molar-refractivity contribution in [3.8, 4) is 11.5 Å². The molecule has 0 saturated carbocycles. The number of hydrogen-bond acceptors (Lipinski definition) is 6. The van der Waals surface area contributed by atoms with Gasteiger partial charge in [-0.15, -0.1) is 10.2 Å². The molecule has 20 heavy (non-hydrogen) atoms. The topological polar surface area (TPSA) is 82.6 Å². The van der Waals surface area contributed by atoms with Crippen molar-refractivity contribution in [1.29, 1.82) is 0 Å². The lowest BCUT2D eigenvalue weighted by Gasteiger charge is -2.10. The van der Waals surface area contributed by atoms with Gasteiger partial charge in [0.1, 0.15) is 0 Å². The van der Waals surface area contributed by atoms with E-state index in [0.717, 1.165) is 5.56 Å². The van der Waals surface area contributed by atoms with E-state index in [9.17, 15) is 10.2 Å². The Hall–Kier alpha value is -1.47. The van der Waals surface area contributed by atoms with Crippen molar-refractivity contribution in [1.82, 2.24) is 15.1 Å². The van der Waals surface area contributed by atoms with Crippen LogP contribution in [0.5, 0.6) is 0 Å². The number of rotatable bonds is 3. The van der Waals surface area contributed by atoms with E-state index in [2.05, 4.69) is 10.2 Å². The minimum atomic E-state index is -0.714. The minimum absolute atomic E-state index is 0.403. The van der Waals surface area contributed by atoms with Gasteiger partial charge in [0, 0.05) is 23.7 Å². The number of nitrogens with zero attached hydrogens (tertiary/aromatic N) is 3. The number of likely N-dealkylation sites (tertiary alicyclic amines) is 1. The summed E-state index contributed by atoms with van der Waals surface area (Å²) in [6, 6.07) is 7.13. The Bertz CT molecular complexity index is 577. The second kappa shape index (κ2) is 5.49. The maximum atomic E-state index is 9.48. The highest BCUT2D eigenvalue weighted by atomic mass is 35.5. The molecule has 0 bridgehead atoms. The molecule has 2 N–H and O–H groups in total. The van der Waals surface area contributed by atoms with E-state index in [0.29, 0.717) is 36.4 Å². The van der Waals surface area contributed by atoms with Crippen molar-refractivity contribution in [3.63, 3.8) is 0 Å². The number of aliphatic hydroxyl groups is 2. The molecule has 0 aliphatic carbocycles. The zero-order chi connectivity index (χ0) is 14.1. The summed E-state index contributed by atoms with van der Waals surface area (Å²) in [5.41, 5.74) is 0.801. The third-order valence-corrected chi connectivity index (χ3v) is 3.50. The molecule has 1 fully saturated rings. The van der Waals surface area contributed by atoms with Crippen LogP contribution in [0.15, 0.2) is 28.7 Å². The molecule has 0 radical (unpaired) electrons. The number of benzene rings is 1. The van der Waals surface area contributed by atoms with E-state index in [1.54, 1.807) is 12.1 Å². The minimum Gasteiger partial charge on any atom is -0.419 e. The Balaban J connectivity index is 1.69. The van der Waals surface area contributed by atoms with Crippen LogP contribution in [0.25, 0.3) is 11.5 Å². The third-order valence-electron chi connectivity index (χ3n) is 3.25. The Labute approximate surface area is 120 Å². The fourth-order valence-electron chi connectivity index (χ4n) is 2.19. The first kappa shape index (κ1) is 13.5. The molecule has 2 heterocycles. The molecule has 1 aromatic carbocycles. The van der Waals surface area contributed by atoms with Gasteiger partial charge in [0.2, 0.25) is 11.8 Å². The summed E-state index contributed by atoms with van der Waals surface area (Å²) in [6.07, 6.45) is -1.43. The molecule has 7 heteroatoms. The van der Waals surface area contributed by atoms with Gasteiger partial charge in [-0.05, 0) is 24.3 Å². The van der Waals surface area contributed by atoms with E-state index in [-0.39, 0.29) is 0 Å². The highest BCUT2D eigenvalue weighted by Gasteiger charge is 2.30. The lowest BCUT2D eigenvalue weighted by molar-refractivity contribution is 0.0572. The van der Waals surface area contributed by atoms with Gasteiger partial charge >= 0.3 is 0 Å². The Kier molecular flexibility index (Phi) is 3.71. The number of β-amino-alcohol motifs (C(OH)–C–C–N with tert-alkyl or cyclic N) is 2. The van der Waals surface area contributed by atoms with E-state index in [1.807, 2.05) is 17.0 Å². The standard InChI is InChI=1S/C13H14ClN3O3/c14-9-3-1-8(2-4-9)13-16-15-12(20-13)7-17-5-10(18)11(19)6-17/h1-4,10-11,18-19H,5-7H2/t10-,11+. The van der Waals surface area contributed by atoms with Crippen LogP contribution in [-0.4, -0.2) is 50.6 Å². The highest BCUT2D eigenvalue weighted by Crippen LogP contribution is 2.21. The molecular formula is C13H14ClN3O3. The Morgan fingerprint density at radius 2 is 1.80 bits per heavy atom. The quantitative estimate of drug-likeness (QED) is 0.876. The zero-order valence-electron chi connectivity index (χ0n) is 10.6. The van der Waals surface area contributed by atoms with Crippen molar-refractivity contribution in [2.75, 3.05) is 13.1 Å². The molecule has 1 saturated heterocycles. The highest BCUT2D eigenvalue weighted by molar-refractivity contribution is 6.30. The summed E-state index contributed by atoms with van der Waals surface area (Å²) in [5, 5.41) is 27.6. The fourth-order valence-corrected chi connectivity index (χ4v) is 2.32. The average Bonchev–Trinajstić information content (AvgIpc) is 2.99. The van der Waals surface area contributed by atoms with E-state index in [4.69, 9.17) is 16.0 Å². The summed E-state index contributed by atoms with van der Waals surface area (Å²) in [5.74, 6) is 0.883. The molecule has 6 nitrogen and oxygen atoms in total. The van der Waals surface area contributed by atoms with Crippen molar-refractivity contribution in [2.45, 2.75) is 18.8 Å². The zero-order valence-corrected chi connectivity index (χ0v) is 11.4. The molecule has 2 atom stereocenters. The SMILES string of the molecule is O[C@@H]1CN(Cc2nnc(-c3ccc(Cl)cc3)o2)C[C@@H]1O. The third kappa shape index (κ3) is 2.83. The smallest absolute Gasteiger partial charge is 0.247 e. The van der Waals surface area contributed by atoms with Crippen LogP contribution >= 0.6 is 11.6 Å². The second-order valence-electron chi connectivity index (χ2n) is 4.84. The van der Waals surface area contributed by atoms with Gasteiger partial charge in [-0.2, -0.15) is 0 Å². The lowest BCUT2D eigenvalue weighted by atomic mass is 10.2. The number of hydrogen-bond donors (Lipinski definition) is 2. The summed E-state index contributed by atoms with van der Waals surface area (Å²) in [6.45, 7) is 1.22. The van der Waals surface area contributed by atoms with Gasteiger partial charge in [0.05, 0.1) is 18.8 Å². The lowest BCUT2D eigenvalue weighted by Crippen LogP contribution is -2.22. The monoisotopic (exact) mass is 295 g/mol. The van der Waals surface area contributed by atoms with Crippen LogP contribution in [0.3, 0.4) is 0 Å². The van der Waals surface area contributed by atoms with E-state index in [1.165, 1.54) is 0 Å². The summed E-state index contributed by atoms with van der Waals surface area (Å²) in [4.78, 5) is 1.87. The van der Waals surface area contributed by atoms with Crippen LogP contribution in [0.4, 0.5) is 0 Å². The molecule has 3 rings (SSSR count). The van der Waals surface area contributed by atoms with Crippen molar-refractivity contribution in [2.24, 2.45) is 0 Å². The van der Waals surface area contributed by atoms with Crippen molar-refractivity contribution in [3.05, 3.63) is 35.2 Å². The van der Waals surface area contributed by atoms with Crippen LogP contribution in [0.1, 0.15) is 5.89 Å². The normalized spacial score (nSPS) is 23.4. The average molecular weight is 296 g/mol. The van der Waals surface area contributed by atoms with E-state index < -0.39 is 12.2 Å².